The number of ether oxygens (including phenoxy) is 1. The van der Waals surface area contributed by atoms with E-state index in [0.717, 1.165) is 30.2 Å². The van der Waals surface area contributed by atoms with Gasteiger partial charge in [0.15, 0.2) is 0 Å². The van der Waals surface area contributed by atoms with Crippen molar-refractivity contribution >= 4 is 17.4 Å². The van der Waals surface area contributed by atoms with Gasteiger partial charge in [-0.3, -0.25) is 4.90 Å². The van der Waals surface area contributed by atoms with Crippen LogP contribution in [0.15, 0.2) is 18.2 Å². The molecule has 0 bridgehead atoms. The molecule has 2 aromatic rings. The number of nitrogens with one attached hydrogen (secondary N) is 1. The molecule has 1 saturated heterocycles. The maximum atomic E-state index is 14.4. The highest BCUT2D eigenvalue weighted by molar-refractivity contribution is 6.28. The first-order valence-electron chi connectivity index (χ1n) is 9.53. The Bertz CT molecular complexity index is 949. The summed E-state index contributed by atoms with van der Waals surface area (Å²) in [6, 6.07) is 7.16. The summed E-state index contributed by atoms with van der Waals surface area (Å²) >= 11 is 6.21. The van der Waals surface area contributed by atoms with Gasteiger partial charge in [0.1, 0.15) is 17.4 Å². The van der Waals surface area contributed by atoms with Crippen molar-refractivity contribution in [3.8, 4) is 11.8 Å². The van der Waals surface area contributed by atoms with Crippen LogP contribution in [0.4, 0.5) is 10.2 Å². The molecular formula is C20H22ClFN6O. The molecule has 3 heterocycles. The molecule has 1 unspecified atom stereocenters. The monoisotopic (exact) mass is 416 g/mol. The van der Waals surface area contributed by atoms with Gasteiger partial charge in [-0.05, 0) is 23.7 Å². The van der Waals surface area contributed by atoms with Crippen LogP contribution in [0, 0.1) is 17.1 Å². The van der Waals surface area contributed by atoms with Crippen molar-refractivity contribution in [3.63, 3.8) is 0 Å². The van der Waals surface area contributed by atoms with E-state index in [1.165, 1.54) is 6.07 Å². The van der Waals surface area contributed by atoms with Gasteiger partial charge in [-0.25, -0.2) is 14.4 Å². The summed E-state index contributed by atoms with van der Waals surface area (Å²) in [7, 11) is 1.54. The summed E-state index contributed by atoms with van der Waals surface area (Å²) in [5.41, 5.74) is 2.41. The number of hydrogen-bond donors (Lipinski definition) is 1. The van der Waals surface area contributed by atoms with Crippen LogP contribution < -0.4 is 15.0 Å². The van der Waals surface area contributed by atoms with E-state index in [0.29, 0.717) is 43.9 Å². The zero-order valence-corrected chi connectivity index (χ0v) is 16.9. The van der Waals surface area contributed by atoms with E-state index < -0.39 is 0 Å². The van der Waals surface area contributed by atoms with Gasteiger partial charge in [0, 0.05) is 56.4 Å². The summed E-state index contributed by atoms with van der Waals surface area (Å²) < 4.78 is 19.7. The van der Waals surface area contributed by atoms with Crippen LogP contribution in [0.1, 0.15) is 23.2 Å². The second-order valence-electron chi connectivity index (χ2n) is 7.27. The van der Waals surface area contributed by atoms with E-state index in [-0.39, 0.29) is 17.1 Å². The van der Waals surface area contributed by atoms with Crippen molar-refractivity contribution in [2.24, 2.45) is 0 Å². The Morgan fingerprint density at radius 1 is 1.38 bits per heavy atom. The fourth-order valence-electron chi connectivity index (χ4n) is 4.02. The molecular weight excluding hydrogens is 395 g/mol. The topological polar surface area (TPSA) is 77.3 Å². The number of rotatable bonds is 5. The Balaban J connectivity index is 1.57. The number of fused-ring (bicyclic) bond motifs is 1. The Hall–Kier alpha value is -2.47. The highest BCUT2D eigenvalue weighted by Crippen LogP contribution is 2.33. The van der Waals surface area contributed by atoms with Crippen LogP contribution in [-0.2, 0) is 19.6 Å². The lowest BCUT2D eigenvalue weighted by Crippen LogP contribution is -2.51. The van der Waals surface area contributed by atoms with Crippen LogP contribution in [0.5, 0.6) is 5.75 Å². The van der Waals surface area contributed by atoms with Gasteiger partial charge in [0.05, 0.1) is 25.3 Å². The number of nitrogens with zero attached hydrogens (tertiary/aromatic N) is 5. The molecule has 0 amide bonds. The minimum atomic E-state index is -0.286. The first kappa shape index (κ1) is 19.8. The van der Waals surface area contributed by atoms with Crippen LogP contribution in [0.2, 0.25) is 5.28 Å². The fourth-order valence-corrected chi connectivity index (χ4v) is 4.20. The number of nitriles is 1. The normalized spacial score (nSPS) is 19.1. The average Bonchev–Trinajstić information content (AvgIpc) is 3.11. The second-order valence-corrected chi connectivity index (χ2v) is 7.60. The van der Waals surface area contributed by atoms with Gasteiger partial charge >= 0.3 is 0 Å². The Kier molecular flexibility index (Phi) is 5.81. The largest absolute Gasteiger partial charge is 0.496 e. The van der Waals surface area contributed by atoms with Gasteiger partial charge in [-0.15, -0.1) is 0 Å². The summed E-state index contributed by atoms with van der Waals surface area (Å²) in [6.45, 7) is 3.82. The quantitative estimate of drug-likeness (QED) is 0.750. The first-order chi connectivity index (χ1) is 14.1. The third-order valence-electron chi connectivity index (χ3n) is 5.37. The Morgan fingerprint density at radius 2 is 2.24 bits per heavy atom. The molecule has 1 N–H and O–H groups in total. The number of anilines is 1. The van der Waals surface area contributed by atoms with Gasteiger partial charge < -0.3 is 15.0 Å². The van der Waals surface area contributed by atoms with Gasteiger partial charge in [-0.1, -0.05) is 6.07 Å². The van der Waals surface area contributed by atoms with Crippen LogP contribution in [-0.4, -0.2) is 47.7 Å². The van der Waals surface area contributed by atoms with Crippen LogP contribution in [0.25, 0.3) is 0 Å². The summed E-state index contributed by atoms with van der Waals surface area (Å²) in [6.07, 6.45) is 0.441. The standard InChI is InChI=1S/C20H22ClFN6O/c1-29-18-4-2-3-16(22)14(18)10-27-11-15-17(12-27)25-20(21)26-19(15)28-8-7-24-13(9-28)5-6-23/h2-4,13,24H,5,7-12H2,1H3. The van der Waals surface area contributed by atoms with Crippen molar-refractivity contribution in [2.45, 2.75) is 32.1 Å². The molecule has 2 aliphatic rings. The van der Waals surface area contributed by atoms with Gasteiger partial charge in [0.2, 0.25) is 5.28 Å². The third-order valence-corrected chi connectivity index (χ3v) is 5.54. The molecule has 1 atom stereocenters. The minimum Gasteiger partial charge on any atom is -0.496 e. The lowest BCUT2D eigenvalue weighted by molar-refractivity contribution is 0.263. The summed E-state index contributed by atoms with van der Waals surface area (Å²) in [5, 5.41) is 12.6. The summed E-state index contributed by atoms with van der Waals surface area (Å²) in [4.78, 5) is 13.2. The van der Waals surface area contributed by atoms with Gasteiger partial charge in [-0.2, -0.15) is 5.26 Å². The molecule has 29 heavy (non-hydrogen) atoms. The average molecular weight is 417 g/mol. The highest BCUT2D eigenvalue weighted by atomic mass is 35.5. The Labute approximate surface area is 174 Å². The van der Waals surface area contributed by atoms with Crippen LogP contribution >= 0.6 is 11.6 Å². The zero-order chi connectivity index (χ0) is 20.4. The lowest BCUT2D eigenvalue weighted by Gasteiger charge is -2.34. The van der Waals surface area contributed by atoms with E-state index in [2.05, 4.69) is 31.2 Å². The number of piperazine rings is 1. The second kappa shape index (κ2) is 8.49. The van der Waals surface area contributed by atoms with E-state index in [9.17, 15) is 4.39 Å². The zero-order valence-electron chi connectivity index (χ0n) is 16.2. The molecule has 0 aliphatic carbocycles. The highest BCUT2D eigenvalue weighted by Gasteiger charge is 2.30. The van der Waals surface area contributed by atoms with E-state index in [1.807, 2.05) is 0 Å². The number of aromatic nitrogens is 2. The first-order valence-corrected chi connectivity index (χ1v) is 9.91. The number of methoxy groups -OCH3 is 1. The third kappa shape index (κ3) is 4.13. The predicted molar refractivity (Wildman–Crippen MR) is 107 cm³/mol. The molecule has 4 rings (SSSR count). The number of benzene rings is 1. The molecule has 1 aromatic carbocycles. The van der Waals surface area contributed by atoms with E-state index >= 15 is 0 Å². The molecule has 0 radical (unpaired) electrons. The lowest BCUT2D eigenvalue weighted by atomic mass is 10.1. The van der Waals surface area contributed by atoms with Crippen LogP contribution in [0.3, 0.4) is 0 Å². The summed E-state index contributed by atoms with van der Waals surface area (Å²) in [5.74, 6) is 1.06. The van der Waals surface area contributed by atoms with Crippen molar-refractivity contribution < 1.29 is 9.13 Å². The fraction of sp³-hybridized carbons (Fsp3) is 0.450. The van der Waals surface area contributed by atoms with Gasteiger partial charge in [0.25, 0.3) is 0 Å². The molecule has 7 nitrogen and oxygen atoms in total. The van der Waals surface area contributed by atoms with Crippen molar-refractivity contribution in [1.82, 2.24) is 20.2 Å². The molecule has 9 heteroatoms. The van der Waals surface area contributed by atoms with Crippen molar-refractivity contribution in [3.05, 3.63) is 46.1 Å². The van der Waals surface area contributed by atoms with Crippen molar-refractivity contribution in [1.29, 1.82) is 5.26 Å². The molecule has 1 aromatic heterocycles. The number of hydrogen-bond acceptors (Lipinski definition) is 7. The van der Waals surface area contributed by atoms with E-state index in [4.69, 9.17) is 21.6 Å². The molecule has 152 valence electrons. The SMILES string of the molecule is COc1cccc(F)c1CN1Cc2nc(Cl)nc(N3CCNC(CC#N)C3)c2C1. The minimum absolute atomic E-state index is 0.0957. The van der Waals surface area contributed by atoms with Crippen molar-refractivity contribution in [2.75, 3.05) is 31.6 Å². The molecule has 0 spiro atoms. The maximum absolute atomic E-state index is 14.4. The smallest absolute Gasteiger partial charge is 0.224 e. The molecule has 0 saturated carbocycles. The Morgan fingerprint density at radius 3 is 3.03 bits per heavy atom. The number of halogens is 2. The van der Waals surface area contributed by atoms with E-state index in [1.54, 1.807) is 19.2 Å². The predicted octanol–water partition coefficient (Wildman–Crippen LogP) is 2.49. The maximum Gasteiger partial charge on any atom is 0.224 e. The molecule has 1 fully saturated rings. The molecule has 2 aliphatic heterocycles.